The Kier molecular flexibility index (Phi) is 6.33. The Morgan fingerprint density at radius 3 is 2.57 bits per heavy atom. The number of rotatable bonds is 6. The molecule has 1 N–H and O–H groups in total. The van der Waals surface area contributed by atoms with Gasteiger partial charge in [-0.15, -0.1) is 11.3 Å². The highest BCUT2D eigenvalue weighted by atomic mass is 35.5. The van der Waals surface area contributed by atoms with Crippen LogP contribution in [0.4, 0.5) is 5.69 Å². The quantitative estimate of drug-likeness (QED) is 0.342. The van der Waals surface area contributed by atoms with E-state index in [4.69, 9.17) is 27.9 Å². The number of nitrogens with zero attached hydrogens (tertiary/aromatic N) is 1. The molecule has 0 aliphatic carbocycles. The Balaban J connectivity index is 1.44. The van der Waals surface area contributed by atoms with Crippen LogP contribution in [-0.2, 0) is 6.61 Å². The van der Waals surface area contributed by atoms with Crippen LogP contribution >= 0.6 is 34.5 Å². The Labute approximate surface area is 188 Å². The smallest absolute Gasteiger partial charge is 0.275 e. The number of thiazole rings is 1. The van der Waals surface area contributed by atoms with Crippen LogP contribution in [0.1, 0.15) is 16.1 Å². The van der Waals surface area contributed by atoms with Crippen molar-refractivity contribution in [2.24, 2.45) is 0 Å². The lowest BCUT2D eigenvalue weighted by Crippen LogP contribution is -2.12. The molecule has 0 spiro atoms. The fourth-order valence-electron chi connectivity index (χ4n) is 2.74. The van der Waals surface area contributed by atoms with E-state index in [1.54, 1.807) is 29.6 Å². The van der Waals surface area contributed by atoms with E-state index in [0.717, 1.165) is 21.9 Å². The first kappa shape index (κ1) is 20.4. The minimum Gasteiger partial charge on any atom is -0.489 e. The van der Waals surface area contributed by atoms with Crippen molar-refractivity contribution in [1.29, 1.82) is 0 Å². The summed E-state index contributed by atoms with van der Waals surface area (Å²) in [4.78, 5) is 16.9. The Morgan fingerprint density at radius 2 is 1.77 bits per heavy atom. The van der Waals surface area contributed by atoms with Gasteiger partial charge in [0.25, 0.3) is 5.91 Å². The monoisotopic (exact) mass is 454 g/mol. The van der Waals surface area contributed by atoms with E-state index in [-0.39, 0.29) is 5.91 Å². The van der Waals surface area contributed by atoms with E-state index in [9.17, 15) is 4.79 Å². The van der Waals surface area contributed by atoms with Crippen molar-refractivity contribution < 1.29 is 9.53 Å². The van der Waals surface area contributed by atoms with Crippen LogP contribution in [0.15, 0.2) is 78.2 Å². The predicted molar refractivity (Wildman–Crippen MR) is 123 cm³/mol. The predicted octanol–water partition coefficient (Wildman–Crippen LogP) is 6.95. The van der Waals surface area contributed by atoms with Crippen LogP contribution in [0.5, 0.6) is 5.75 Å². The van der Waals surface area contributed by atoms with E-state index < -0.39 is 0 Å². The molecule has 0 atom stereocenters. The third kappa shape index (κ3) is 5.19. The lowest BCUT2D eigenvalue weighted by molar-refractivity contribution is 0.102. The average Bonchev–Trinajstić information content (AvgIpc) is 3.24. The van der Waals surface area contributed by atoms with Crippen LogP contribution in [0, 0.1) is 0 Å². The molecule has 4 aromatic rings. The number of amides is 1. The molecule has 0 saturated carbocycles. The van der Waals surface area contributed by atoms with Gasteiger partial charge in [0.1, 0.15) is 23.1 Å². The van der Waals surface area contributed by atoms with Crippen LogP contribution in [0.3, 0.4) is 0 Å². The molecule has 0 unspecified atom stereocenters. The molecule has 150 valence electrons. The third-order valence-corrected chi connectivity index (χ3v) is 5.60. The second kappa shape index (κ2) is 9.30. The number of carbonyl (C=O) groups excluding carboxylic acids is 1. The molecule has 4 nitrogen and oxygen atoms in total. The zero-order valence-electron chi connectivity index (χ0n) is 15.6. The van der Waals surface area contributed by atoms with E-state index in [2.05, 4.69) is 10.3 Å². The van der Waals surface area contributed by atoms with Gasteiger partial charge in [0.15, 0.2) is 0 Å². The first-order valence-electron chi connectivity index (χ1n) is 9.07. The van der Waals surface area contributed by atoms with Gasteiger partial charge < -0.3 is 10.1 Å². The average molecular weight is 455 g/mol. The van der Waals surface area contributed by atoms with E-state index >= 15 is 0 Å². The number of hydrogen-bond acceptors (Lipinski definition) is 4. The summed E-state index contributed by atoms with van der Waals surface area (Å²) in [7, 11) is 0. The van der Waals surface area contributed by atoms with Crippen molar-refractivity contribution in [2.75, 3.05) is 5.32 Å². The van der Waals surface area contributed by atoms with Crippen LogP contribution < -0.4 is 10.1 Å². The molecular weight excluding hydrogens is 439 g/mol. The molecule has 0 aliphatic heterocycles. The number of ether oxygens (including phenoxy) is 1. The van der Waals surface area contributed by atoms with Gasteiger partial charge in [0.05, 0.1) is 0 Å². The summed E-state index contributed by atoms with van der Waals surface area (Å²) in [6.45, 7) is 0.436. The molecule has 7 heteroatoms. The summed E-state index contributed by atoms with van der Waals surface area (Å²) in [5.41, 5.74) is 2.89. The number of nitrogens with one attached hydrogen (secondary N) is 1. The first-order chi connectivity index (χ1) is 14.6. The van der Waals surface area contributed by atoms with Gasteiger partial charge in [-0.2, -0.15) is 0 Å². The Bertz CT molecular complexity index is 1180. The molecule has 0 bridgehead atoms. The summed E-state index contributed by atoms with van der Waals surface area (Å²) in [6.07, 6.45) is 0. The van der Waals surface area contributed by atoms with E-state index in [1.807, 2.05) is 48.5 Å². The second-order valence-corrected chi connectivity index (χ2v) is 8.18. The Hall–Kier alpha value is -2.86. The number of aromatic nitrogens is 1. The van der Waals surface area contributed by atoms with Gasteiger partial charge in [0, 0.05) is 26.7 Å². The fraction of sp³-hybridized carbons (Fsp3) is 0.0435. The molecule has 0 radical (unpaired) electrons. The molecule has 30 heavy (non-hydrogen) atoms. The maximum absolute atomic E-state index is 12.5. The van der Waals surface area contributed by atoms with Gasteiger partial charge in [-0.3, -0.25) is 4.79 Å². The van der Waals surface area contributed by atoms with Gasteiger partial charge in [-0.1, -0.05) is 53.5 Å². The zero-order chi connectivity index (χ0) is 20.9. The van der Waals surface area contributed by atoms with Crippen molar-refractivity contribution in [3.05, 3.63) is 99.5 Å². The van der Waals surface area contributed by atoms with E-state index in [0.29, 0.717) is 28.0 Å². The van der Waals surface area contributed by atoms with Gasteiger partial charge >= 0.3 is 0 Å². The third-order valence-electron chi connectivity index (χ3n) is 4.22. The lowest BCUT2D eigenvalue weighted by Gasteiger charge is -2.07. The van der Waals surface area contributed by atoms with Crippen molar-refractivity contribution in [2.45, 2.75) is 6.61 Å². The molecule has 0 aliphatic rings. The molecule has 4 rings (SSSR count). The molecule has 1 aromatic heterocycles. The first-order valence-corrected chi connectivity index (χ1v) is 10.7. The van der Waals surface area contributed by atoms with Crippen molar-refractivity contribution in [3.8, 4) is 16.3 Å². The van der Waals surface area contributed by atoms with Crippen LogP contribution in [-0.4, -0.2) is 10.9 Å². The lowest BCUT2D eigenvalue weighted by atomic mass is 10.2. The van der Waals surface area contributed by atoms with Crippen molar-refractivity contribution >= 4 is 46.1 Å². The molecule has 1 heterocycles. The number of hydrogen-bond donors (Lipinski definition) is 1. The van der Waals surface area contributed by atoms with Crippen LogP contribution in [0.2, 0.25) is 10.0 Å². The summed E-state index contributed by atoms with van der Waals surface area (Å²) < 4.78 is 5.88. The number of halogens is 2. The molecule has 0 fully saturated rings. The number of carbonyl (C=O) groups is 1. The van der Waals surface area contributed by atoms with Crippen molar-refractivity contribution in [3.63, 3.8) is 0 Å². The summed E-state index contributed by atoms with van der Waals surface area (Å²) in [5.74, 6) is 0.442. The standard InChI is InChI=1S/C23H16Cl2N2O2S/c24-17-9-7-15(8-10-17)13-29-20-6-1-3-16(11-20)23-27-21(14-30-23)22(28)26-19-5-2-4-18(25)12-19/h1-12,14H,13H2,(H,26,28). The highest BCUT2D eigenvalue weighted by Gasteiger charge is 2.13. The summed E-state index contributed by atoms with van der Waals surface area (Å²) in [5, 5.41) is 6.53. The van der Waals surface area contributed by atoms with E-state index in [1.165, 1.54) is 11.3 Å². The zero-order valence-corrected chi connectivity index (χ0v) is 18.0. The van der Waals surface area contributed by atoms with Gasteiger partial charge in [-0.05, 0) is 48.0 Å². The normalized spacial score (nSPS) is 10.6. The van der Waals surface area contributed by atoms with Gasteiger partial charge in [-0.25, -0.2) is 4.98 Å². The highest BCUT2D eigenvalue weighted by Crippen LogP contribution is 2.28. The second-order valence-electron chi connectivity index (χ2n) is 6.45. The largest absolute Gasteiger partial charge is 0.489 e. The highest BCUT2D eigenvalue weighted by molar-refractivity contribution is 7.13. The summed E-state index contributed by atoms with van der Waals surface area (Å²) in [6, 6.07) is 22.2. The van der Waals surface area contributed by atoms with Gasteiger partial charge in [0.2, 0.25) is 0 Å². The molecule has 3 aromatic carbocycles. The number of benzene rings is 3. The maximum atomic E-state index is 12.5. The minimum atomic E-state index is -0.282. The summed E-state index contributed by atoms with van der Waals surface area (Å²) >= 11 is 13.3. The topological polar surface area (TPSA) is 51.2 Å². The molecule has 1 amide bonds. The van der Waals surface area contributed by atoms with Crippen LogP contribution in [0.25, 0.3) is 10.6 Å². The molecular formula is C23H16Cl2N2O2S. The molecule has 0 saturated heterocycles. The minimum absolute atomic E-state index is 0.282. The fourth-order valence-corrected chi connectivity index (χ4v) is 3.85. The maximum Gasteiger partial charge on any atom is 0.275 e. The SMILES string of the molecule is O=C(Nc1cccc(Cl)c1)c1csc(-c2cccc(OCc3ccc(Cl)cc3)c2)n1. The van der Waals surface area contributed by atoms with Crippen molar-refractivity contribution in [1.82, 2.24) is 4.98 Å². The Morgan fingerprint density at radius 1 is 0.967 bits per heavy atom. The number of anilines is 1.